The summed E-state index contributed by atoms with van der Waals surface area (Å²) >= 11 is 0. The topological polar surface area (TPSA) is 249 Å². The molecule has 0 saturated heterocycles. The molecule has 17 heteroatoms. The number of amides is 4. The summed E-state index contributed by atoms with van der Waals surface area (Å²) in [6.45, 7) is 3.29. The van der Waals surface area contributed by atoms with Gasteiger partial charge in [0, 0.05) is 33.3 Å². The van der Waals surface area contributed by atoms with Crippen LogP contribution in [0.3, 0.4) is 0 Å². The predicted octanol–water partition coefficient (Wildman–Crippen LogP) is 6.66. The van der Waals surface area contributed by atoms with Crippen LogP contribution >= 0.6 is 0 Å². The number of phenolic OH excluding ortho intramolecular Hbond substituents is 2. The van der Waals surface area contributed by atoms with Crippen LogP contribution in [0.15, 0.2) is 107 Å². The summed E-state index contributed by atoms with van der Waals surface area (Å²) in [6, 6.07) is 20.9. The number of urea groups is 1. The first-order valence-corrected chi connectivity index (χ1v) is 18.6. The molecule has 4 amide bonds. The van der Waals surface area contributed by atoms with Crippen LogP contribution in [-0.4, -0.2) is 54.0 Å². The molecule has 6 rings (SSSR count). The summed E-state index contributed by atoms with van der Waals surface area (Å²) in [6.07, 6.45) is 0. The lowest BCUT2D eigenvalue weighted by Crippen LogP contribution is -2.21. The van der Waals surface area contributed by atoms with Crippen molar-refractivity contribution < 1.29 is 50.5 Å². The number of hydrogen-bond acceptors (Lipinski definition) is 9. The number of aryl methyl sites for hydroxylation is 2. The van der Waals surface area contributed by atoms with Gasteiger partial charge in [0.25, 0.3) is 32.1 Å². The number of carbonyl (C=O) groups is 3. The Balaban J connectivity index is 1.20. The molecule has 0 aliphatic heterocycles. The first-order chi connectivity index (χ1) is 25.3. The van der Waals surface area contributed by atoms with Crippen molar-refractivity contribution in [2.75, 3.05) is 21.3 Å². The van der Waals surface area contributed by atoms with Crippen LogP contribution in [0.4, 0.5) is 27.5 Å². The monoisotopic (exact) mass is 770 g/mol. The first-order valence-electron chi connectivity index (χ1n) is 15.8. The Morgan fingerprint density at radius 2 is 0.889 bits per heavy atom. The zero-order chi connectivity index (χ0) is 39.1. The summed E-state index contributed by atoms with van der Waals surface area (Å²) in [5.74, 6) is -1.66. The molecule has 0 spiro atoms. The minimum Gasteiger partial charge on any atom is -0.508 e. The molecule has 0 heterocycles. The van der Waals surface area contributed by atoms with Crippen LogP contribution in [0.2, 0.25) is 0 Å². The van der Waals surface area contributed by atoms with Gasteiger partial charge in [-0.3, -0.25) is 18.7 Å². The highest BCUT2D eigenvalue weighted by Gasteiger charge is 2.20. The normalized spacial score (nSPS) is 11.6. The maximum atomic E-state index is 13.5. The van der Waals surface area contributed by atoms with Crippen LogP contribution in [0.1, 0.15) is 31.8 Å². The molecule has 6 aromatic carbocycles. The quantitative estimate of drug-likeness (QED) is 0.0760. The number of benzene rings is 6. The molecule has 0 aliphatic carbocycles. The van der Waals surface area contributed by atoms with Gasteiger partial charge in [-0.05, 0) is 121 Å². The van der Waals surface area contributed by atoms with Crippen LogP contribution < -0.4 is 21.3 Å². The third kappa shape index (κ3) is 8.08. The minimum atomic E-state index is -4.67. The average molecular weight is 771 g/mol. The molecule has 0 saturated carbocycles. The van der Waals surface area contributed by atoms with Crippen LogP contribution in [0, 0.1) is 13.8 Å². The molecule has 0 atom stereocenters. The van der Waals surface area contributed by atoms with Gasteiger partial charge >= 0.3 is 6.03 Å². The maximum absolute atomic E-state index is 13.5. The van der Waals surface area contributed by atoms with Gasteiger partial charge < -0.3 is 31.5 Å². The lowest BCUT2D eigenvalue weighted by molar-refractivity contribution is 0.101. The molecule has 15 nitrogen and oxygen atoms in total. The number of fused-ring (bicyclic) bond motifs is 2. The van der Waals surface area contributed by atoms with E-state index >= 15 is 0 Å². The number of anilines is 4. The van der Waals surface area contributed by atoms with Crippen LogP contribution in [0.25, 0.3) is 21.5 Å². The Kier molecular flexibility index (Phi) is 9.74. The average Bonchev–Trinajstić information content (AvgIpc) is 3.08. The van der Waals surface area contributed by atoms with Crippen molar-refractivity contribution in [3.8, 4) is 11.5 Å². The first kappa shape index (κ1) is 37.2. The number of phenols is 2. The van der Waals surface area contributed by atoms with E-state index in [-0.39, 0.29) is 56.1 Å². The summed E-state index contributed by atoms with van der Waals surface area (Å²) in [4.78, 5) is 39.0. The summed E-state index contributed by atoms with van der Waals surface area (Å²) in [7, 11) is -9.34. The standard InChI is InChI=1S/C37H30N4O11S2/c1-19-3-5-23(15-31(19)35(44)40-33-17-27(53(47,48)49)13-21-11-25(42)7-9-29(21)33)38-37(46)39-24-6-4-20(2)32(16-24)36(45)41-34-18-28(54(50,51)52)14-22-12-26(43)8-10-30(22)34/h3-18,42-43H,1-2H3,(H,40,44)(H,41,45)(H2,38,39,46)(H,47,48,49)(H,50,51,52). The van der Waals surface area contributed by atoms with Crippen molar-refractivity contribution in [2.24, 2.45) is 0 Å². The van der Waals surface area contributed by atoms with E-state index in [0.29, 0.717) is 21.9 Å². The van der Waals surface area contributed by atoms with E-state index in [1.165, 1.54) is 48.5 Å². The second-order valence-electron chi connectivity index (χ2n) is 12.2. The highest BCUT2D eigenvalue weighted by Crippen LogP contribution is 2.33. The van der Waals surface area contributed by atoms with Crippen LogP contribution in [-0.2, 0) is 20.2 Å². The van der Waals surface area contributed by atoms with Gasteiger partial charge in [-0.25, -0.2) is 4.79 Å². The molecule has 0 unspecified atom stereocenters. The van der Waals surface area contributed by atoms with Gasteiger partial charge in [0.2, 0.25) is 0 Å². The number of nitrogens with one attached hydrogen (secondary N) is 4. The Morgan fingerprint density at radius 3 is 1.26 bits per heavy atom. The predicted molar refractivity (Wildman–Crippen MR) is 202 cm³/mol. The number of hydrogen-bond donors (Lipinski definition) is 8. The van der Waals surface area contributed by atoms with Crippen molar-refractivity contribution in [1.82, 2.24) is 0 Å². The smallest absolute Gasteiger partial charge is 0.323 e. The molecule has 0 bridgehead atoms. The molecule has 54 heavy (non-hydrogen) atoms. The Labute approximate surface area is 307 Å². The zero-order valence-corrected chi connectivity index (χ0v) is 29.8. The van der Waals surface area contributed by atoms with Crippen molar-refractivity contribution in [3.05, 3.63) is 119 Å². The van der Waals surface area contributed by atoms with Gasteiger partial charge in [0.05, 0.1) is 21.2 Å². The third-order valence-corrected chi connectivity index (χ3v) is 10.1. The van der Waals surface area contributed by atoms with Crippen molar-refractivity contribution in [3.63, 3.8) is 0 Å². The Bertz CT molecular complexity index is 2600. The lowest BCUT2D eigenvalue weighted by Gasteiger charge is -2.15. The second-order valence-corrected chi connectivity index (χ2v) is 15.1. The molecular weight excluding hydrogens is 741 g/mol. The van der Waals surface area contributed by atoms with E-state index < -0.39 is 47.9 Å². The number of aromatic hydroxyl groups is 2. The fourth-order valence-corrected chi connectivity index (χ4v) is 6.81. The molecule has 8 N–H and O–H groups in total. The van der Waals surface area contributed by atoms with E-state index in [4.69, 9.17) is 0 Å². The summed E-state index contributed by atoms with van der Waals surface area (Å²) < 4.78 is 67.0. The maximum Gasteiger partial charge on any atom is 0.323 e. The van der Waals surface area contributed by atoms with Crippen molar-refractivity contribution in [2.45, 2.75) is 23.6 Å². The molecule has 0 aliphatic rings. The fourth-order valence-electron chi connectivity index (χ4n) is 5.73. The largest absolute Gasteiger partial charge is 0.508 e. The van der Waals surface area contributed by atoms with Crippen molar-refractivity contribution in [1.29, 1.82) is 0 Å². The second kappa shape index (κ2) is 14.1. The minimum absolute atomic E-state index is 0.0402. The van der Waals surface area contributed by atoms with Gasteiger partial charge in [-0.15, -0.1) is 0 Å². The highest BCUT2D eigenvalue weighted by atomic mass is 32.2. The van der Waals surface area contributed by atoms with E-state index in [0.717, 1.165) is 24.3 Å². The Hall–Kier alpha value is -6.53. The SMILES string of the molecule is Cc1ccc(NC(=O)Nc2ccc(C)c(C(=O)Nc3cc(S(=O)(=O)O)cc4cc(O)ccc34)c2)cc1C(=O)Nc1cc(S(=O)(=O)O)cc2cc(O)ccc12. The zero-order valence-electron chi connectivity index (χ0n) is 28.2. The molecule has 0 aromatic heterocycles. The van der Waals surface area contributed by atoms with Gasteiger partial charge in [0.15, 0.2) is 0 Å². The highest BCUT2D eigenvalue weighted by molar-refractivity contribution is 7.86. The van der Waals surface area contributed by atoms with Gasteiger partial charge in [-0.1, -0.05) is 12.1 Å². The van der Waals surface area contributed by atoms with Crippen molar-refractivity contribution >= 4 is 82.4 Å². The summed E-state index contributed by atoms with van der Waals surface area (Å²) in [5.41, 5.74) is 1.73. The summed E-state index contributed by atoms with van der Waals surface area (Å²) in [5, 5.41) is 31.5. The molecule has 6 aromatic rings. The molecule has 0 fully saturated rings. The molecule has 276 valence electrons. The molecule has 0 radical (unpaired) electrons. The fraction of sp³-hybridized carbons (Fsp3) is 0.0541. The van der Waals surface area contributed by atoms with E-state index in [9.17, 15) is 50.5 Å². The van der Waals surface area contributed by atoms with Crippen LogP contribution in [0.5, 0.6) is 11.5 Å². The lowest BCUT2D eigenvalue weighted by atomic mass is 10.1. The number of rotatable bonds is 8. The van der Waals surface area contributed by atoms with Gasteiger partial charge in [-0.2, -0.15) is 16.8 Å². The Morgan fingerprint density at radius 1 is 0.500 bits per heavy atom. The van der Waals surface area contributed by atoms with Gasteiger partial charge in [0.1, 0.15) is 11.5 Å². The third-order valence-electron chi connectivity index (χ3n) is 8.39. The van der Waals surface area contributed by atoms with E-state index in [1.807, 2.05) is 0 Å². The number of carbonyl (C=O) groups excluding carboxylic acids is 3. The van der Waals surface area contributed by atoms with E-state index in [1.54, 1.807) is 38.1 Å². The molecular formula is C37H30N4O11S2. The van der Waals surface area contributed by atoms with E-state index in [2.05, 4.69) is 21.3 Å².